The molecule has 2 N–H and O–H groups in total. The number of aromatic nitrogens is 2. The molecule has 6 nitrogen and oxygen atoms in total. The molecule has 0 fully saturated rings. The summed E-state index contributed by atoms with van der Waals surface area (Å²) in [6, 6.07) is 9.85. The van der Waals surface area contributed by atoms with Gasteiger partial charge in [0.15, 0.2) is 0 Å². The van der Waals surface area contributed by atoms with Gasteiger partial charge in [-0.2, -0.15) is 0 Å². The van der Waals surface area contributed by atoms with Crippen LogP contribution in [-0.4, -0.2) is 45.3 Å². The van der Waals surface area contributed by atoms with E-state index >= 15 is 0 Å². The first kappa shape index (κ1) is 17.5. The molecule has 124 valence electrons. The molecule has 0 aliphatic heterocycles. The molecule has 1 unspecified atom stereocenters. The molecular formula is C16H22N4O2S. The third kappa shape index (κ3) is 5.38. The van der Waals surface area contributed by atoms with Crippen molar-refractivity contribution in [2.45, 2.75) is 26.4 Å². The summed E-state index contributed by atoms with van der Waals surface area (Å²) in [7, 11) is 0. The van der Waals surface area contributed by atoms with Crippen molar-refractivity contribution in [2.24, 2.45) is 5.92 Å². The maximum absolute atomic E-state index is 12.3. The van der Waals surface area contributed by atoms with Gasteiger partial charge in [0.05, 0.1) is 13.2 Å². The van der Waals surface area contributed by atoms with Gasteiger partial charge in [0.1, 0.15) is 5.51 Å². The van der Waals surface area contributed by atoms with Crippen LogP contribution in [0.5, 0.6) is 0 Å². The van der Waals surface area contributed by atoms with Crippen LogP contribution in [-0.2, 0) is 11.3 Å². The van der Waals surface area contributed by atoms with Gasteiger partial charge in [-0.1, -0.05) is 55.5 Å². The largest absolute Gasteiger partial charge is 0.395 e. The fraction of sp³-hybridized carbons (Fsp3) is 0.438. The quantitative estimate of drug-likeness (QED) is 0.772. The lowest BCUT2D eigenvalue weighted by Crippen LogP contribution is -2.45. The second-order valence-corrected chi connectivity index (χ2v) is 6.51. The molecule has 1 atom stereocenters. The molecule has 1 aromatic heterocycles. The van der Waals surface area contributed by atoms with Gasteiger partial charge >= 0.3 is 0 Å². The first-order valence-corrected chi connectivity index (χ1v) is 8.43. The summed E-state index contributed by atoms with van der Waals surface area (Å²) < 4.78 is 0. The number of nitrogens with one attached hydrogen (secondary N) is 1. The Balaban J connectivity index is 2.07. The molecule has 1 amide bonds. The van der Waals surface area contributed by atoms with Crippen molar-refractivity contribution in [1.82, 2.24) is 15.1 Å². The number of rotatable bonds is 8. The van der Waals surface area contributed by atoms with Gasteiger partial charge in [0.25, 0.3) is 0 Å². The molecule has 0 radical (unpaired) electrons. The number of hydrogen-bond acceptors (Lipinski definition) is 6. The van der Waals surface area contributed by atoms with Crippen LogP contribution in [0.4, 0.5) is 5.13 Å². The number of aliphatic hydroxyl groups excluding tert-OH is 1. The van der Waals surface area contributed by atoms with E-state index in [2.05, 4.69) is 15.5 Å². The fourth-order valence-electron chi connectivity index (χ4n) is 2.43. The van der Waals surface area contributed by atoms with Crippen molar-refractivity contribution >= 4 is 22.4 Å². The maximum atomic E-state index is 12.3. The number of carbonyl (C=O) groups excluding carboxylic acids is 1. The highest BCUT2D eigenvalue weighted by Crippen LogP contribution is 2.15. The fourth-order valence-corrected chi connectivity index (χ4v) is 2.89. The van der Waals surface area contributed by atoms with Crippen LogP contribution < -0.4 is 5.32 Å². The number of anilines is 1. The number of hydrogen-bond donors (Lipinski definition) is 2. The number of nitrogens with zero attached hydrogens (tertiary/aromatic N) is 3. The first-order valence-electron chi connectivity index (χ1n) is 7.55. The molecule has 2 aromatic rings. The van der Waals surface area contributed by atoms with Gasteiger partial charge in [-0.25, -0.2) is 0 Å². The van der Waals surface area contributed by atoms with Crippen molar-refractivity contribution in [3.63, 3.8) is 0 Å². The van der Waals surface area contributed by atoms with Crippen LogP contribution in [0.1, 0.15) is 19.4 Å². The van der Waals surface area contributed by atoms with E-state index < -0.39 is 0 Å². The molecule has 7 heteroatoms. The molecule has 0 saturated heterocycles. The summed E-state index contributed by atoms with van der Waals surface area (Å²) in [4.78, 5) is 14.3. The Morgan fingerprint density at radius 3 is 2.65 bits per heavy atom. The highest BCUT2D eigenvalue weighted by Gasteiger charge is 2.23. The monoisotopic (exact) mass is 334 g/mol. The Morgan fingerprint density at radius 2 is 2.09 bits per heavy atom. The molecule has 0 bridgehead atoms. The standard InChI is InChI=1S/C16H22N4O2S/c1-12(2)14(10-21)20(8-13-6-4-3-5-7-13)9-15(22)18-16-19-17-11-23-16/h3-7,11-12,14,21H,8-10H2,1-2H3,(H,18,19,22). The van der Waals surface area contributed by atoms with Crippen LogP contribution in [0.3, 0.4) is 0 Å². The lowest BCUT2D eigenvalue weighted by Gasteiger charge is -2.32. The summed E-state index contributed by atoms with van der Waals surface area (Å²) >= 11 is 1.28. The van der Waals surface area contributed by atoms with E-state index in [1.54, 1.807) is 5.51 Å². The van der Waals surface area contributed by atoms with Crippen LogP contribution >= 0.6 is 11.3 Å². The van der Waals surface area contributed by atoms with E-state index in [9.17, 15) is 9.90 Å². The van der Waals surface area contributed by atoms with Crippen molar-refractivity contribution in [3.05, 3.63) is 41.4 Å². The highest BCUT2D eigenvalue weighted by atomic mass is 32.1. The molecule has 2 rings (SSSR count). The van der Waals surface area contributed by atoms with E-state index in [0.29, 0.717) is 11.7 Å². The van der Waals surface area contributed by atoms with Gasteiger partial charge in [-0.15, -0.1) is 10.2 Å². The van der Waals surface area contributed by atoms with Gasteiger partial charge in [-0.05, 0) is 11.5 Å². The van der Waals surface area contributed by atoms with E-state index in [4.69, 9.17) is 0 Å². The van der Waals surface area contributed by atoms with E-state index in [1.165, 1.54) is 11.3 Å². The van der Waals surface area contributed by atoms with Crippen LogP contribution in [0.25, 0.3) is 0 Å². The molecule has 1 heterocycles. The zero-order chi connectivity index (χ0) is 16.7. The molecule has 0 spiro atoms. The van der Waals surface area contributed by atoms with Gasteiger partial charge in [0, 0.05) is 12.6 Å². The maximum Gasteiger partial charge on any atom is 0.240 e. The lowest BCUT2D eigenvalue weighted by molar-refractivity contribution is -0.118. The lowest BCUT2D eigenvalue weighted by atomic mass is 10.0. The van der Waals surface area contributed by atoms with Crippen LogP contribution in [0.15, 0.2) is 35.8 Å². The van der Waals surface area contributed by atoms with Gasteiger partial charge in [0.2, 0.25) is 11.0 Å². The third-order valence-electron chi connectivity index (χ3n) is 3.61. The summed E-state index contributed by atoms with van der Waals surface area (Å²) in [6.07, 6.45) is 0. The Bertz CT molecular complexity index is 589. The van der Waals surface area contributed by atoms with Crippen molar-refractivity contribution < 1.29 is 9.90 Å². The number of amides is 1. The zero-order valence-corrected chi connectivity index (χ0v) is 14.2. The topological polar surface area (TPSA) is 78.4 Å². The predicted octanol–water partition coefficient (Wildman–Crippen LogP) is 2.00. The van der Waals surface area contributed by atoms with Gasteiger partial charge in [-0.3, -0.25) is 15.0 Å². The number of aliphatic hydroxyl groups is 1. The Labute approximate surface area is 140 Å². The molecular weight excluding hydrogens is 312 g/mol. The molecule has 0 aliphatic rings. The average molecular weight is 334 g/mol. The Morgan fingerprint density at radius 1 is 1.35 bits per heavy atom. The molecule has 0 saturated carbocycles. The highest BCUT2D eigenvalue weighted by molar-refractivity contribution is 7.13. The van der Waals surface area contributed by atoms with Crippen molar-refractivity contribution in [1.29, 1.82) is 0 Å². The minimum atomic E-state index is -0.156. The first-order chi connectivity index (χ1) is 11.1. The smallest absolute Gasteiger partial charge is 0.240 e. The number of benzene rings is 1. The summed E-state index contributed by atoms with van der Waals surface area (Å²) in [5.74, 6) is 0.0785. The van der Waals surface area contributed by atoms with E-state index in [0.717, 1.165) is 5.56 Å². The van der Waals surface area contributed by atoms with Crippen molar-refractivity contribution in [2.75, 3.05) is 18.5 Å². The third-order valence-corrected chi connectivity index (χ3v) is 4.21. The zero-order valence-electron chi connectivity index (χ0n) is 13.3. The second-order valence-electron chi connectivity index (χ2n) is 5.68. The summed E-state index contributed by atoms with van der Waals surface area (Å²) in [5, 5.41) is 20.5. The average Bonchev–Trinajstić information content (AvgIpc) is 3.01. The van der Waals surface area contributed by atoms with Gasteiger partial charge < -0.3 is 5.11 Å². The minimum Gasteiger partial charge on any atom is -0.395 e. The van der Waals surface area contributed by atoms with Crippen molar-refractivity contribution in [3.8, 4) is 0 Å². The van der Waals surface area contributed by atoms with E-state index in [-0.39, 0.29) is 31.0 Å². The summed E-state index contributed by atoms with van der Waals surface area (Å²) in [6.45, 7) is 4.89. The minimum absolute atomic E-state index is 0.0105. The van der Waals surface area contributed by atoms with E-state index in [1.807, 2.05) is 49.1 Å². The Kier molecular flexibility index (Phi) is 6.64. The second kappa shape index (κ2) is 8.71. The molecule has 23 heavy (non-hydrogen) atoms. The Hall–Kier alpha value is -1.83. The summed E-state index contributed by atoms with van der Waals surface area (Å²) in [5.41, 5.74) is 2.68. The SMILES string of the molecule is CC(C)C(CO)N(CC(=O)Nc1nncs1)Cc1ccccc1. The molecule has 0 aliphatic carbocycles. The predicted molar refractivity (Wildman–Crippen MR) is 91.1 cm³/mol. The van der Waals surface area contributed by atoms with Crippen LogP contribution in [0, 0.1) is 5.92 Å². The van der Waals surface area contributed by atoms with Crippen LogP contribution in [0.2, 0.25) is 0 Å². The number of carbonyl (C=O) groups is 1. The molecule has 1 aromatic carbocycles. The normalized spacial score (nSPS) is 12.6.